The topological polar surface area (TPSA) is 175 Å². The number of aliphatic hydroxyl groups excluding tert-OH is 2. The second kappa shape index (κ2) is 16.9. The van der Waals surface area contributed by atoms with Crippen LogP contribution in [0, 0.1) is 0 Å². The first-order valence-corrected chi connectivity index (χ1v) is 4.30. The van der Waals surface area contributed by atoms with E-state index in [0.29, 0.717) is 5.71 Å². The van der Waals surface area contributed by atoms with Gasteiger partial charge in [0, 0.05) is 0 Å². The smallest absolute Gasteiger partial charge is 0.547 e. The van der Waals surface area contributed by atoms with Gasteiger partial charge in [-0.25, -0.2) is 0 Å². The number of carbonyl (C=O) groups excluding carboxylic acids is 2. The van der Waals surface area contributed by atoms with Gasteiger partial charge in [-0.05, 0) is 6.92 Å². The minimum absolute atomic E-state index is 0. The van der Waals surface area contributed by atoms with E-state index >= 15 is 0 Å². The molecule has 0 rings (SSSR count). The number of carboxylic acid groups (broad SMARTS) is 2. The number of carbonyl (C=O) groups is 2. The summed E-state index contributed by atoms with van der Waals surface area (Å²) in [7, 11) is 1.43. The summed E-state index contributed by atoms with van der Waals surface area (Å²) in [4.78, 5) is 23.6. The molecule has 0 aromatic heterocycles. The van der Waals surface area contributed by atoms with Crippen molar-refractivity contribution in [3.63, 3.8) is 0 Å². The molecule has 20 heavy (non-hydrogen) atoms. The zero-order valence-corrected chi connectivity index (χ0v) is 15.5. The minimum Gasteiger partial charge on any atom is -0.547 e. The molecule has 3 N–H and O–H groups in total. The molecule has 0 amide bonds. The van der Waals surface area contributed by atoms with E-state index in [1.807, 2.05) is 0 Å². The molecule has 10 nitrogen and oxygen atoms in total. The van der Waals surface area contributed by atoms with Gasteiger partial charge in [0.05, 0.1) is 23.9 Å². The maximum absolute atomic E-state index is 9.63. The van der Waals surface area contributed by atoms with Crippen molar-refractivity contribution in [1.82, 2.24) is 0 Å². The van der Waals surface area contributed by atoms with Crippen LogP contribution < -0.4 is 69.3 Å². The minimum atomic E-state index is -2.44. The van der Waals surface area contributed by atoms with E-state index in [1.54, 1.807) is 6.92 Å². The maximum atomic E-state index is 9.63. The Morgan fingerprint density at radius 1 is 1.15 bits per heavy atom. The fourth-order valence-electron chi connectivity index (χ4n) is 0.509. The molecule has 2 unspecified atom stereocenters. The normalized spacial score (nSPS) is 12.9. The van der Waals surface area contributed by atoms with Crippen molar-refractivity contribution in [2.24, 2.45) is 10.3 Å². The molecule has 0 bridgehead atoms. The second-order valence-electron chi connectivity index (χ2n) is 2.69. The zero-order valence-electron chi connectivity index (χ0n) is 11.5. The molecular weight excluding hydrogens is 298 g/mol. The number of hydrogen-bond donors (Lipinski definition) is 3. The second-order valence-corrected chi connectivity index (χ2v) is 2.69. The van der Waals surface area contributed by atoms with Crippen LogP contribution in [0.5, 0.6) is 0 Å². The first-order valence-electron chi connectivity index (χ1n) is 4.30. The summed E-state index contributed by atoms with van der Waals surface area (Å²) in [6.07, 6.45) is -3.70. The molecule has 0 radical (unpaired) electrons. The van der Waals surface area contributed by atoms with E-state index in [4.69, 9.17) is 15.4 Å². The summed E-state index contributed by atoms with van der Waals surface area (Å²) in [5, 5.41) is 49.8. The molecular formula is C8H12N2Na2O8. The number of hydrogen-bond acceptors (Lipinski definition) is 10. The Labute approximate surface area is 158 Å². The molecule has 0 saturated heterocycles. The molecule has 0 heterocycles. The number of oxime groups is 2. The molecule has 2 atom stereocenters. The average Bonchev–Trinajstić information content (AvgIpc) is 2.28. The Kier molecular flexibility index (Phi) is 23.6. The summed E-state index contributed by atoms with van der Waals surface area (Å²) in [5.74, 6) is -4.12. The number of nitrogens with zero attached hydrogens (tertiary/aromatic N) is 2. The summed E-state index contributed by atoms with van der Waals surface area (Å²) < 4.78 is 0. The van der Waals surface area contributed by atoms with Gasteiger partial charge in [0.1, 0.15) is 19.3 Å². The number of aliphatic hydroxyl groups is 2. The third-order valence-electron chi connectivity index (χ3n) is 1.26. The van der Waals surface area contributed by atoms with Gasteiger partial charge in [-0.3, -0.25) is 0 Å². The van der Waals surface area contributed by atoms with Gasteiger partial charge in [0.25, 0.3) is 0 Å². The van der Waals surface area contributed by atoms with Crippen molar-refractivity contribution in [1.29, 1.82) is 0 Å². The fourth-order valence-corrected chi connectivity index (χ4v) is 0.509. The van der Waals surface area contributed by atoms with Crippen LogP contribution in [0.4, 0.5) is 0 Å². The van der Waals surface area contributed by atoms with Gasteiger partial charge in [0.2, 0.25) is 0 Å². The molecule has 0 aromatic rings. The molecule has 0 saturated carbocycles. The van der Waals surface area contributed by atoms with E-state index in [9.17, 15) is 19.8 Å². The van der Waals surface area contributed by atoms with E-state index in [-0.39, 0.29) is 59.1 Å². The van der Waals surface area contributed by atoms with Crippen molar-refractivity contribution in [2.45, 2.75) is 19.1 Å². The van der Waals surface area contributed by atoms with E-state index in [1.165, 1.54) is 13.3 Å². The van der Waals surface area contributed by atoms with Crippen molar-refractivity contribution in [3.8, 4) is 0 Å². The molecule has 0 aliphatic carbocycles. The molecule has 12 heteroatoms. The predicted octanol–water partition coefficient (Wildman–Crippen LogP) is -10.3. The quantitative estimate of drug-likeness (QED) is 0.194. The monoisotopic (exact) mass is 310 g/mol. The van der Waals surface area contributed by atoms with E-state index in [0.717, 1.165) is 0 Å². The Morgan fingerprint density at radius 2 is 1.50 bits per heavy atom. The molecule has 0 spiro atoms. The van der Waals surface area contributed by atoms with Crippen LogP contribution >= 0.6 is 0 Å². The van der Waals surface area contributed by atoms with Gasteiger partial charge in [-0.2, -0.15) is 0 Å². The van der Waals surface area contributed by atoms with Crippen LogP contribution in [-0.4, -0.2) is 58.6 Å². The fraction of sp³-hybridized carbons (Fsp3) is 0.500. The number of aliphatic carboxylic acids is 2. The Hall–Kier alpha value is -0.200. The van der Waals surface area contributed by atoms with Gasteiger partial charge in [-0.15, -0.1) is 0 Å². The molecule has 104 valence electrons. The summed E-state index contributed by atoms with van der Waals surface area (Å²) in [6.45, 7) is 1.66. The largest absolute Gasteiger partial charge is 1.00 e. The van der Waals surface area contributed by atoms with E-state index in [2.05, 4.69) is 15.1 Å². The van der Waals surface area contributed by atoms with Gasteiger partial charge < -0.3 is 40.1 Å². The predicted molar refractivity (Wildman–Crippen MR) is 52.4 cm³/mol. The van der Waals surface area contributed by atoms with Crippen LogP contribution in [-0.2, 0) is 14.4 Å². The Balaban J connectivity index is -0.000000119. The van der Waals surface area contributed by atoms with Crippen molar-refractivity contribution >= 4 is 23.9 Å². The zero-order chi connectivity index (χ0) is 14.7. The van der Waals surface area contributed by atoms with Gasteiger partial charge in [-0.1, -0.05) is 10.3 Å². The first-order chi connectivity index (χ1) is 8.27. The maximum Gasteiger partial charge on any atom is 1.00 e. The standard InChI is InChI=1S/C4H8N2O2.C4H6O6.2Na/c1-4(3-5-7)6-8-2;5-1(3(7)8)2(6)4(9)10;;/h3,7H,1-2H3;1-2,5-6H,(H,7,8)(H,9,10);;/q;;2*+1/p-2. The van der Waals surface area contributed by atoms with Crippen molar-refractivity contribution < 1.29 is 99.2 Å². The van der Waals surface area contributed by atoms with Gasteiger partial charge in [0.15, 0.2) is 0 Å². The Morgan fingerprint density at radius 3 is 1.70 bits per heavy atom. The van der Waals surface area contributed by atoms with Crippen LogP contribution in [0.1, 0.15) is 6.92 Å². The van der Waals surface area contributed by atoms with Crippen LogP contribution in [0.3, 0.4) is 0 Å². The summed E-state index contributed by atoms with van der Waals surface area (Å²) in [5.41, 5.74) is 0.523. The van der Waals surface area contributed by atoms with Crippen molar-refractivity contribution in [3.05, 3.63) is 0 Å². The summed E-state index contributed by atoms with van der Waals surface area (Å²) >= 11 is 0. The van der Waals surface area contributed by atoms with Crippen LogP contribution in [0.15, 0.2) is 10.3 Å². The summed E-state index contributed by atoms with van der Waals surface area (Å²) in [6, 6.07) is 0. The molecule has 0 fully saturated rings. The van der Waals surface area contributed by atoms with Crippen LogP contribution in [0.25, 0.3) is 0 Å². The Bertz CT molecular complexity index is 318. The molecule has 0 aromatic carbocycles. The van der Waals surface area contributed by atoms with E-state index < -0.39 is 24.1 Å². The number of carboxylic acids is 2. The molecule has 0 aliphatic heterocycles. The van der Waals surface area contributed by atoms with Gasteiger partial charge >= 0.3 is 59.1 Å². The number of rotatable bonds is 5. The molecule has 0 aliphatic rings. The van der Waals surface area contributed by atoms with Crippen LogP contribution in [0.2, 0.25) is 0 Å². The average molecular weight is 310 g/mol. The SMILES string of the molecule is CON=C(C)C=NO.O=C([O-])C(O)C(O)C(=O)[O-].[Na+].[Na+]. The first kappa shape index (κ1) is 28.0. The third kappa shape index (κ3) is 15.9. The van der Waals surface area contributed by atoms with Crippen molar-refractivity contribution in [2.75, 3.05) is 7.11 Å². The third-order valence-corrected chi connectivity index (χ3v) is 1.26.